The summed E-state index contributed by atoms with van der Waals surface area (Å²) < 4.78 is 65.8. The largest absolute Gasteiger partial charge is 0.435 e. The molecule has 2 aromatic carbocycles. The molecule has 0 unspecified atom stereocenters. The molecule has 0 aliphatic heterocycles. The first-order chi connectivity index (χ1) is 15.7. The Labute approximate surface area is 199 Å². The fraction of sp³-hybridized carbons (Fsp3) is 0.208. The molecular formula is C24H21F3N2O3S2. The van der Waals surface area contributed by atoms with Crippen LogP contribution in [-0.2, 0) is 21.6 Å². The molecule has 1 N–H and O–H groups in total. The zero-order valence-corrected chi connectivity index (χ0v) is 20.1. The van der Waals surface area contributed by atoms with Crippen LogP contribution in [0.15, 0.2) is 71.6 Å². The highest BCUT2D eigenvalue weighted by molar-refractivity contribution is 7.90. The van der Waals surface area contributed by atoms with E-state index in [4.69, 9.17) is 0 Å². The molecule has 0 saturated carbocycles. The van der Waals surface area contributed by atoms with E-state index in [1.807, 2.05) is 0 Å². The van der Waals surface area contributed by atoms with Crippen molar-refractivity contribution >= 4 is 21.2 Å². The second kappa shape index (κ2) is 8.37. The minimum Gasteiger partial charge on any atom is -0.386 e. The Morgan fingerprint density at radius 1 is 0.941 bits per heavy atom. The molecule has 2 heterocycles. The average Bonchev–Trinajstić information content (AvgIpc) is 3.40. The Morgan fingerprint density at radius 2 is 1.62 bits per heavy atom. The third-order valence-corrected chi connectivity index (χ3v) is 7.46. The first-order valence-electron chi connectivity index (χ1n) is 10.2. The topological polar surface area (TPSA) is 72.2 Å². The summed E-state index contributed by atoms with van der Waals surface area (Å²) in [5.41, 5.74) is -0.773. The Morgan fingerprint density at radius 3 is 2.26 bits per heavy atom. The van der Waals surface area contributed by atoms with Crippen molar-refractivity contribution in [2.24, 2.45) is 0 Å². The van der Waals surface area contributed by atoms with Gasteiger partial charge in [-0.3, -0.25) is 0 Å². The van der Waals surface area contributed by atoms with Crippen LogP contribution in [0.5, 0.6) is 0 Å². The van der Waals surface area contributed by atoms with Gasteiger partial charge in [0.25, 0.3) is 0 Å². The molecule has 34 heavy (non-hydrogen) atoms. The molecule has 4 rings (SSSR count). The maximum Gasteiger partial charge on any atom is 0.435 e. The number of sulfone groups is 1. The van der Waals surface area contributed by atoms with Gasteiger partial charge in [0.1, 0.15) is 0 Å². The van der Waals surface area contributed by atoms with Crippen LogP contribution in [0.4, 0.5) is 13.2 Å². The Kier molecular flexibility index (Phi) is 5.95. The SMILES string of the molecule is CC(C)(O)c1ccccc1-n1nc(C(F)(F)F)cc1-c1ccc(-c2cccc(S(C)(=O)=O)c2)s1. The van der Waals surface area contributed by atoms with E-state index in [0.717, 1.165) is 12.3 Å². The number of hydrogen-bond donors (Lipinski definition) is 1. The Hall–Kier alpha value is -2.95. The summed E-state index contributed by atoms with van der Waals surface area (Å²) in [5.74, 6) is 0. The number of halogens is 3. The van der Waals surface area contributed by atoms with Crippen molar-refractivity contribution in [2.45, 2.75) is 30.5 Å². The maximum atomic E-state index is 13.6. The van der Waals surface area contributed by atoms with Crippen molar-refractivity contribution in [3.8, 4) is 26.7 Å². The lowest BCUT2D eigenvalue weighted by molar-refractivity contribution is -0.141. The molecule has 4 aromatic rings. The van der Waals surface area contributed by atoms with Crippen molar-refractivity contribution in [2.75, 3.05) is 6.26 Å². The first kappa shape index (κ1) is 24.2. The second-order valence-corrected chi connectivity index (χ2v) is 11.5. The van der Waals surface area contributed by atoms with Gasteiger partial charge in [0.2, 0.25) is 0 Å². The van der Waals surface area contributed by atoms with Crippen molar-refractivity contribution in [1.29, 1.82) is 0 Å². The third-order valence-electron chi connectivity index (χ3n) is 5.20. The second-order valence-electron chi connectivity index (χ2n) is 8.36. The van der Waals surface area contributed by atoms with Gasteiger partial charge in [-0.15, -0.1) is 11.3 Å². The number of nitrogens with zero attached hydrogens (tertiary/aromatic N) is 2. The number of benzene rings is 2. The molecule has 0 aliphatic rings. The van der Waals surface area contributed by atoms with Crippen LogP contribution in [-0.4, -0.2) is 29.6 Å². The molecule has 2 aromatic heterocycles. The standard InChI is InChI=1S/C24H21F3N2O3S2/c1-23(2,30)17-9-4-5-10-18(17)29-19(14-22(28-29)24(25,26)27)21-12-11-20(33-21)15-7-6-8-16(13-15)34(3,31)32/h4-14,30H,1-3H3. The number of alkyl halides is 3. The lowest BCUT2D eigenvalue weighted by atomic mass is 9.96. The van der Waals surface area contributed by atoms with Gasteiger partial charge in [-0.1, -0.05) is 30.3 Å². The quantitative estimate of drug-likeness (QED) is 0.365. The summed E-state index contributed by atoms with van der Waals surface area (Å²) in [5, 5.41) is 14.4. The molecule has 0 amide bonds. The predicted octanol–water partition coefficient (Wildman–Crippen LogP) is 5.92. The first-order valence-corrected chi connectivity index (χ1v) is 12.9. The average molecular weight is 507 g/mol. The smallest absolute Gasteiger partial charge is 0.386 e. The van der Waals surface area contributed by atoms with Crippen molar-refractivity contribution in [3.05, 3.63) is 78.0 Å². The number of aliphatic hydroxyl groups is 1. The molecule has 0 saturated heterocycles. The summed E-state index contributed by atoms with van der Waals surface area (Å²) in [6.07, 6.45) is -3.54. The van der Waals surface area contributed by atoms with Gasteiger partial charge in [-0.25, -0.2) is 13.1 Å². The van der Waals surface area contributed by atoms with Gasteiger partial charge in [-0.05, 0) is 55.8 Å². The van der Waals surface area contributed by atoms with Gasteiger partial charge < -0.3 is 5.11 Å². The van der Waals surface area contributed by atoms with Gasteiger partial charge in [0.15, 0.2) is 15.5 Å². The van der Waals surface area contributed by atoms with Crippen molar-refractivity contribution < 1.29 is 26.7 Å². The molecule has 10 heteroatoms. The molecule has 0 bridgehead atoms. The van der Waals surface area contributed by atoms with Crippen LogP contribution in [0.25, 0.3) is 26.7 Å². The fourth-order valence-corrected chi connectivity index (χ4v) is 5.24. The highest BCUT2D eigenvalue weighted by Crippen LogP contribution is 2.40. The van der Waals surface area contributed by atoms with E-state index in [1.54, 1.807) is 62.4 Å². The highest BCUT2D eigenvalue weighted by atomic mass is 32.2. The maximum absolute atomic E-state index is 13.6. The summed E-state index contributed by atoms with van der Waals surface area (Å²) in [7, 11) is -3.41. The van der Waals surface area contributed by atoms with Gasteiger partial charge >= 0.3 is 6.18 Å². The van der Waals surface area contributed by atoms with Crippen LogP contribution < -0.4 is 0 Å². The number of para-hydroxylation sites is 1. The van der Waals surface area contributed by atoms with Crippen LogP contribution in [0, 0.1) is 0 Å². The van der Waals surface area contributed by atoms with Crippen LogP contribution in [0.3, 0.4) is 0 Å². The molecule has 0 spiro atoms. The van der Waals surface area contributed by atoms with Crippen LogP contribution >= 0.6 is 11.3 Å². The summed E-state index contributed by atoms with van der Waals surface area (Å²) in [4.78, 5) is 1.36. The Bertz CT molecular complexity index is 1460. The lowest BCUT2D eigenvalue weighted by Crippen LogP contribution is -2.19. The van der Waals surface area contributed by atoms with E-state index in [2.05, 4.69) is 5.10 Å². The van der Waals surface area contributed by atoms with E-state index in [9.17, 15) is 26.7 Å². The van der Waals surface area contributed by atoms with E-state index in [-0.39, 0.29) is 10.6 Å². The molecule has 0 atom stereocenters. The van der Waals surface area contributed by atoms with E-state index in [0.29, 0.717) is 26.6 Å². The number of aromatic nitrogens is 2. The summed E-state index contributed by atoms with van der Waals surface area (Å²) in [6.45, 7) is 3.11. The van der Waals surface area contributed by atoms with Crippen LogP contribution in [0.1, 0.15) is 25.1 Å². The number of hydrogen-bond acceptors (Lipinski definition) is 5. The minimum absolute atomic E-state index is 0.156. The zero-order chi connectivity index (χ0) is 24.9. The fourth-order valence-electron chi connectivity index (χ4n) is 3.57. The zero-order valence-electron chi connectivity index (χ0n) is 18.5. The summed E-state index contributed by atoms with van der Waals surface area (Å²) in [6, 6.07) is 17.4. The van der Waals surface area contributed by atoms with E-state index < -0.39 is 27.3 Å². The van der Waals surface area contributed by atoms with E-state index in [1.165, 1.54) is 28.2 Å². The molecular weight excluding hydrogens is 485 g/mol. The van der Waals surface area contributed by atoms with Gasteiger partial charge in [0.05, 0.1) is 26.8 Å². The lowest BCUT2D eigenvalue weighted by Gasteiger charge is -2.22. The normalized spacial score (nSPS) is 12.8. The third kappa shape index (κ3) is 4.79. The molecule has 5 nitrogen and oxygen atoms in total. The molecule has 0 aliphatic carbocycles. The predicted molar refractivity (Wildman–Crippen MR) is 126 cm³/mol. The number of rotatable bonds is 5. The van der Waals surface area contributed by atoms with Crippen molar-refractivity contribution in [3.63, 3.8) is 0 Å². The monoisotopic (exact) mass is 506 g/mol. The molecule has 0 radical (unpaired) electrons. The summed E-state index contributed by atoms with van der Waals surface area (Å²) >= 11 is 1.22. The van der Waals surface area contributed by atoms with Crippen molar-refractivity contribution in [1.82, 2.24) is 9.78 Å². The molecule has 178 valence electrons. The molecule has 0 fully saturated rings. The number of thiophene rings is 1. The highest BCUT2D eigenvalue weighted by Gasteiger charge is 2.36. The Balaban J connectivity index is 1.88. The van der Waals surface area contributed by atoms with Gasteiger partial charge in [0, 0.05) is 16.7 Å². The van der Waals surface area contributed by atoms with E-state index >= 15 is 0 Å². The van der Waals surface area contributed by atoms with Gasteiger partial charge in [-0.2, -0.15) is 18.3 Å². The van der Waals surface area contributed by atoms with Crippen LogP contribution in [0.2, 0.25) is 0 Å². The minimum atomic E-state index is -4.66.